The summed E-state index contributed by atoms with van der Waals surface area (Å²) in [7, 11) is 0. The van der Waals surface area contributed by atoms with Crippen LogP contribution in [0.1, 0.15) is 103 Å². The summed E-state index contributed by atoms with van der Waals surface area (Å²) < 4.78 is 0. The average molecular weight is 265 g/mol. The smallest absolute Gasteiger partial charge is 0.153 e. The van der Waals surface area contributed by atoms with E-state index in [0.29, 0.717) is 11.8 Å². The number of nitrogens with zero attached hydrogens (tertiary/aromatic N) is 2. The van der Waals surface area contributed by atoms with Crippen LogP contribution in [0.5, 0.6) is 0 Å². The van der Waals surface area contributed by atoms with Gasteiger partial charge in [0.15, 0.2) is 5.82 Å². The van der Waals surface area contributed by atoms with Crippen LogP contribution in [0.4, 0.5) is 0 Å². The van der Waals surface area contributed by atoms with Crippen LogP contribution in [0, 0.1) is 0 Å². The topological polar surface area (TPSA) is 41.6 Å². The third kappa shape index (κ3) is 4.96. The summed E-state index contributed by atoms with van der Waals surface area (Å²) in [5.41, 5.74) is 0. The van der Waals surface area contributed by atoms with E-state index in [0.717, 1.165) is 11.6 Å². The van der Waals surface area contributed by atoms with Gasteiger partial charge < -0.3 is 0 Å². The molecular weight excluding hydrogens is 234 g/mol. The molecule has 1 aromatic rings. The van der Waals surface area contributed by atoms with Crippen molar-refractivity contribution in [2.75, 3.05) is 0 Å². The highest BCUT2D eigenvalue weighted by molar-refractivity contribution is 5.02. The maximum atomic E-state index is 4.82. The van der Waals surface area contributed by atoms with E-state index in [2.05, 4.69) is 37.9 Å². The molecule has 19 heavy (non-hydrogen) atoms. The van der Waals surface area contributed by atoms with Gasteiger partial charge >= 0.3 is 0 Å². The van der Waals surface area contributed by atoms with Crippen molar-refractivity contribution < 1.29 is 0 Å². The second-order valence-corrected chi connectivity index (χ2v) is 5.63. The van der Waals surface area contributed by atoms with Gasteiger partial charge in [-0.2, -0.15) is 5.10 Å². The first-order valence-electron chi connectivity index (χ1n) is 8.18. The van der Waals surface area contributed by atoms with Crippen molar-refractivity contribution in [1.29, 1.82) is 0 Å². The standard InChI is InChI=1S/C16H31N3/c1-5-9-13(10-6-2)15-17-16(19-18-15)14(11-7-3)12-8-4/h13-14H,5-12H2,1-4H3,(H,17,18,19). The monoisotopic (exact) mass is 265 g/mol. The minimum Gasteiger partial charge on any atom is -0.263 e. The molecule has 0 fully saturated rings. The molecular formula is C16H31N3. The Hall–Kier alpha value is -0.860. The normalized spacial score (nSPS) is 11.7. The lowest BCUT2D eigenvalue weighted by Crippen LogP contribution is -2.03. The van der Waals surface area contributed by atoms with E-state index >= 15 is 0 Å². The minimum absolute atomic E-state index is 0.545. The average Bonchev–Trinajstić information content (AvgIpc) is 2.87. The van der Waals surface area contributed by atoms with Crippen LogP contribution in [0.25, 0.3) is 0 Å². The van der Waals surface area contributed by atoms with Crippen LogP contribution < -0.4 is 0 Å². The SMILES string of the molecule is CCCC(CCC)c1n[nH]c(C(CCC)CCC)n1. The summed E-state index contributed by atoms with van der Waals surface area (Å²) in [5.74, 6) is 3.29. The number of aromatic nitrogens is 3. The number of hydrogen-bond donors (Lipinski definition) is 1. The summed E-state index contributed by atoms with van der Waals surface area (Å²) in [6, 6.07) is 0. The summed E-state index contributed by atoms with van der Waals surface area (Å²) >= 11 is 0. The molecule has 3 nitrogen and oxygen atoms in total. The zero-order valence-corrected chi connectivity index (χ0v) is 13.2. The number of H-pyrrole nitrogens is 1. The van der Waals surface area contributed by atoms with E-state index in [4.69, 9.17) is 4.98 Å². The maximum Gasteiger partial charge on any atom is 0.153 e. The highest BCUT2D eigenvalue weighted by atomic mass is 15.2. The van der Waals surface area contributed by atoms with Gasteiger partial charge in [-0.05, 0) is 25.7 Å². The Labute approximate surface area is 118 Å². The second-order valence-electron chi connectivity index (χ2n) is 5.63. The van der Waals surface area contributed by atoms with Crippen LogP contribution in [0.3, 0.4) is 0 Å². The molecule has 0 amide bonds. The molecule has 0 unspecified atom stereocenters. The maximum absolute atomic E-state index is 4.82. The summed E-state index contributed by atoms with van der Waals surface area (Å²) in [4.78, 5) is 4.82. The van der Waals surface area contributed by atoms with Crippen molar-refractivity contribution in [2.24, 2.45) is 0 Å². The van der Waals surface area contributed by atoms with Gasteiger partial charge in [0.2, 0.25) is 0 Å². The molecule has 0 aliphatic carbocycles. The van der Waals surface area contributed by atoms with E-state index in [1.54, 1.807) is 0 Å². The Morgan fingerprint density at radius 2 is 1.26 bits per heavy atom. The lowest BCUT2D eigenvalue weighted by atomic mass is 9.96. The predicted molar refractivity (Wildman–Crippen MR) is 81.5 cm³/mol. The van der Waals surface area contributed by atoms with Gasteiger partial charge in [-0.15, -0.1) is 0 Å². The van der Waals surface area contributed by atoms with Gasteiger partial charge in [0, 0.05) is 11.8 Å². The van der Waals surface area contributed by atoms with E-state index in [9.17, 15) is 0 Å². The molecule has 0 bridgehead atoms. The lowest BCUT2D eigenvalue weighted by molar-refractivity contribution is 0.525. The van der Waals surface area contributed by atoms with Gasteiger partial charge in [0.1, 0.15) is 5.82 Å². The highest BCUT2D eigenvalue weighted by Crippen LogP contribution is 2.27. The number of rotatable bonds is 10. The molecule has 0 aromatic carbocycles. The molecule has 1 N–H and O–H groups in total. The van der Waals surface area contributed by atoms with Crippen LogP contribution in [-0.2, 0) is 0 Å². The van der Waals surface area contributed by atoms with Crippen molar-refractivity contribution in [1.82, 2.24) is 15.2 Å². The fraction of sp³-hybridized carbons (Fsp3) is 0.875. The Morgan fingerprint density at radius 3 is 1.74 bits per heavy atom. The van der Waals surface area contributed by atoms with Gasteiger partial charge in [-0.3, -0.25) is 5.10 Å². The summed E-state index contributed by atoms with van der Waals surface area (Å²) in [5, 5.41) is 7.71. The van der Waals surface area contributed by atoms with E-state index < -0.39 is 0 Å². The van der Waals surface area contributed by atoms with Crippen molar-refractivity contribution in [3.05, 3.63) is 11.6 Å². The molecule has 0 radical (unpaired) electrons. The molecule has 0 atom stereocenters. The Morgan fingerprint density at radius 1 is 0.789 bits per heavy atom. The first kappa shape index (κ1) is 16.2. The molecule has 0 aliphatic heterocycles. The molecule has 0 saturated heterocycles. The zero-order chi connectivity index (χ0) is 14.1. The van der Waals surface area contributed by atoms with Crippen molar-refractivity contribution in [3.63, 3.8) is 0 Å². The van der Waals surface area contributed by atoms with Crippen LogP contribution >= 0.6 is 0 Å². The first-order valence-corrected chi connectivity index (χ1v) is 8.18. The minimum atomic E-state index is 0.545. The molecule has 3 heteroatoms. The zero-order valence-electron chi connectivity index (χ0n) is 13.2. The molecule has 1 aromatic heterocycles. The molecule has 1 rings (SSSR count). The highest BCUT2D eigenvalue weighted by Gasteiger charge is 2.19. The van der Waals surface area contributed by atoms with Crippen LogP contribution in [0.15, 0.2) is 0 Å². The summed E-state index contributed by atoms with van der Waals surface area (Å²) in [6.45, 7) is 8.98. The predicted octanol–water partition coefficient (Wildman–Crippen LogP) is 5.17. The Balaban J connectivity index is 2.76. The number of hydrogen-bond acceptors (Lipinski definition) is 2. The van der Waals surface area contributed by atoms with Gasteiger partial charge in [0.25, 0.3) is 0 Å². The van der Waals surface area contributed by atoms with Crippen molar-refractivity contribution in [2.45, 2.75) is 90.9 Å². The third-order valence-corrected chi connectivity index (χ3v) is 3.82. The first-order chi connectivity index (χ1) is 9.26. The fourth-order valence-corrected chi connectivity index (χ4v) is 2.87. The summed E-state index contributed by atoms with van der Waals surface area (Å²) in [6.07, 6.45) is 9.70. The Bertz CT molecular complexity index is 290. The van der Waals surface area contributed by atoms with Crippen LogP contribution in [-0.4, -0.2) is 15.2 Å². The molecule has 0 spiro atoms. The van der Waals surface area contributed by atoms with Gasteiger partial charge in [-0.25, -0.2) is 4.98 Å². The lowest BCUT2D eigenvalue weighted by Gasteiger charge is -2.12. The largest absolute Gasteiger partial charge is 0.263 e. The fourth-order valence-electron chi connectivity index (χ4n) is 2.87. The molecule has 0 saturated carbocycles. The molecule has 110 valence electrons. The Kier molecular flexibility index (Phi) is 7.76. The number of nitrogens with one attached hydrogen (secondary N) is 1. The van der Waals surface area contributed by atoms with Crippen molar-refractivity contribution in [3.8, 4) is 0 Å². The third-order valence-electron chi connectivity index (χ3n) is 3.82. The molecule has 1 heterocycles. The second kappa shape index (κ2) is 9.11. The quantitative estimate of drug-likeness (QED) is 0.634. The van der Waals surface area contributed by atoms with E-state index in [-0.39, 0.29) is 0 Å². The van der Waals surface area contributed by atoms with Crippen LogP contribution in [0.2, 0.25) is 0 Å². The van der Waals surface area contributed by atoms with Gasteiger partial charge in [0.05, 0.1) is 0 Å². The van der Waals surface area contributed by atoms with E-state index in [1.165, 1.54) is 51.4 Å². The van der Waals surface area contributed by atoms with Gasteiger partial charge in [-0.1, -0.05) is 53.4 Å². The molecule has 0 aliphatic rings. The van der Waals surface area contributed by atoms with Crippen molar-refractivity contribution >= 4 is 0 Å². The number of aromatic amines is 1. The van der Waals surface area contributed by atoms with E-state index in [1.807, 2.05) is 0 Å².